The maximum Gasteiger partial charge on any atom is 0.344 e. The zero-order chi connectivity index (χ0) is 14.8. The van der Waals surface area contributed by atoms with Crippen LogP contribution in [0.5, 0.6) is 5.75 Å². The van der Waals surface area contributed by atoms with Crippen molar-refractivity contribution in [1.82, 2.24) is 0 Å². The quantitative estimate of drug-likeness (QED) is 0.449. The van der Waals surface area contributed by atoms with Crippen LogP contribution < -0.4 is 4.74 Å². The van der Waals surface area contributed by atoms with Crippen LogP contribution in [-0.4, -0.2) is 30.3 Å². The average Bonchev–Trinajstić information content (AvgIpc) is 2.44. The van der Waals surface area contributed by atoms with E-state index in [0.29, 0.717) is 12.4 Å². The zero-order valence-corrected chi connectivity index (χ0v) is 11.4. The molecule has 0 bridgehead atoms. The van der Waals surface area contributed by atoms with Crippen molar-refractivity contribution in [3.8, 4) is 5.75 Å². The lowest BCUT2D eigenvalue weighted by molar-refractivity contribution is -0.146. The van der Waals surface area contributed by atoms with Crippen LogP contribution in [0, 0.1) is 0 Å². The van der Waals surface area contributed by atoms with Crippen molar-refractivity contribution in [2.45, 2.75) is 19.8 Å². The highest BCUT2D eigenvalue weighted by atomic mass is 16.6. The van der Waals surface area contributed by atoms with Crippen molar-refractivity contribution < 1.29 is 24.2 Å². The fraction of sp³-hybridized carbons (Fsp3) is 0.333. The van der Waals surface area contributed by atoms with E-state index >= 15 is 0 Å². The molecular weight excluding hydrogens is 260 g/mol. The first-order valence-corrected chi connectivity index (χ1v) is 6.41. The fourth-order valence-electron chi connectivity index (χ4n) is 1.36. The molecule has 5 nitrogen and oxygen atoms in total. The highest BCUT2D eigenvalue weighted by Crippen LogP contribution is 2.13. The number of ether oxygens (including phenoxy) is 2. The first-order chi connectivity index (χ1) is 9.61. The third kappa shape index (κ3) is 6.58. The van der Waals surface area contributed by atoms with Crippen LogP contribution in [0.3, 0.4) is 0 Å². The highest BCUT2D eigenvalue weighted by Gasteiger charge is 2.03. The van der Waals surface area contributed by atoms with Crippen LogP contribution in [0.25, 0.3) is 6.08 Å². The van der Waals surface area contributed by atoms with Gasteiger partial charge in [-0.2, -0.15) is 0 Å². The van der Waals surface area contributed by atoms with Crippen molar-refractivity contribution in [1.29, 1.82) is 0 Å². The molecular formula is C15H18O5. The van der Waals surface area contributed by atoms with E-state index in [2.05, 4.69) is 0 Å². The zero-order valence-electron chi connectivity index (χ0n) is 11.4. The SMILES string of the molecule is CCCCOC(=O)COc1ccc(C=CC(=O)O)cc1. The average molecular weight is 278 g/mol. The minimum atomic E-state index is -1.000. The number of carbonyl (C=O) groups is 2. The van der Waals surface area contributed by atoms with E-state index in [4.69, 9.17) is 14.6 Å². The van der Waals surface area contributed by atoms with Crippen LogP contribution in [0.4, 0.5) is 0 Å². The summed E-state index contributed by atoms with van der Waals surface area (Å²) >= 11 is 0. The molecule has 1 N–H and O–H groups in total. The summed E-state index contributed by atoms with van der Waals surface area (Å²) in [5, 5.41) is 8.50. The molecule has 0 radical (unpaired) electrons. The molecule has 0 atom stereocenters. The van der Waals surface area contributed by atoms with E-state index in [0.717, 1.165) is 24.5 Å². The van der Waals surface area contributed by atoms with E-state index in [1.54, 1.807) is 24.3 Å². The summed E-state index contributed by atoms with van der Waals surface area (Å²) < 4.78 is 10.2. The van der Waals surface area contributed by atoms with Gasteiger partial charge in [0.1, 0.15) is 5.75 Å². The number of rotatable bonds is 8. The molecule has 0 saturated carbocycles. The topological polar surface area (TPSA) is 72.8 Å². The van der Waals surface area contributed by atoms with Gasteiger partial charge in [-0.25, -0.2) is 9.59 Å². The second-order valence-corrected chi connectivity index (χ2v) is 4.10. The fourth-order valence-corrected chi connectivity index (χ4v) is 1.36. The molecule has 0 spiro atoms. The Kier molecular flexibility index (Phi) is 6.89. The summed E-state index contributed by atoms with van der Waals surface area (Å²) in [6, 6.07) is 6.75. The highest BCUT2D eigenvalue weighted by molar-refractivity contribution is 5.85. The van der Waals surface area contributed by atoms with E-state index in [9.17, 15) is 9.59 Å². The van der Waals surface area contributed by atoms with Gasteiger partial charge >= 0.3 is 11.9 Å². The molecule has 20 heavy (non-hydrogen) atoms. The monoisotopic (exact) mass is 278 g/mol. The van der Waals surface area contributed by atoms with E-state index in [1.165, 1.54) is 6.08 Å². The number of esters is 1. The van der Waals surface area contributed by atoms with E-state index in [-0.39, 0.29) is 6.61 Å². The molecule has 0 saturated heterocycles. The lowest BCUT2D eigenvalue weighted by atomic mass is 10.2. The van der Waals surface area contributed by atoms with Crippen LogP contribution in [0.15, 0.2) is 30.3 Å². The van der Waals surface area contributed by atoms with Crippen LogP contribution in [0.1, 0.15) is 25.3 Å². The molecule has 0 aliphatic carbocycles. The first kappa shape index (κ1) is 15.8. The predicted molar refractivity (Wildman–Crippen MR) is 74.5 cm³/mol. The maximum atomic E-state index is 11.3. The van der Waals surface area contributed by atoms with Crippen molar-refractivity contribution in [2.75, 3.05) is 13.2 Å². The molecule has 0 heterocycles. The van der Waals surface area contributed by atoms with E-state index < -0.39 is 11.9 Å². The van der Waals surface area contributed by atoms with Gasteiger partial charge in [-0.3, -0.25) is 0 Å². The van der Waals surface area contributed by atoms with Crippen molar-refractivity contribution in [3.63, 3.8) is 0 Å². The number of carbonyl (C=O) groups excluding carboxylic acids is 1. The molecule has 5 heteroatoms. The normalized spacial score (nSPS) is 10.4. The lowest BCUT2D eigenvalue weighted by Crippen LogP contribution is -2.15. The van der Waals surface area contributed by atoms with Gasteiger partial charge in [-0.1, -0.05) is 25.5 Å². The third-order valence-electron chi connectivity index (χ3n) is 2.42. The number of benzene rings is 1. The molecule has 0 unspecified atom stereocenters. The third-order valence-corrected chi connectivity index (χ3v) is 2.42. The second-order valence-electron chi connectivity index (χ2n) is 4.10. The van der Waals surface area contributed by atoms with E-state index in [1.807, 2.05) is 6.92 Å². The lowest BCUT2D eigenvalue weighted by Gasteiger charge is -2.06. The van der Waals surface area contributed by atoms with Crippen LogP contribution >= 0.6 is 0 Å². The van der Waals surface area contributed by atoms with Gasteiger partial charge in [-0.05, 0) is 30.2 Å². The molecule has 1 rings (SSSR count). The number of carboxylic acid groups (broad SMARTS) is 1. The number of hydrogen-bond acceptors (Lipinski definition) is 4. The first-order valence-electron chi connectivity index (χ1n) is 6.41. The Labute approximate surface area is 117 Å². The standard InChI is InChI=1S/C15H18O5/c1-2-3-10-19-15(18)11-20-13-7-4-12(5-8-13)6-9-14(16)17/h4-9H,2-3,10-11H2,1H3,(H,16,17). The molecule has 0 aromatic heterocycles. The summed E-state index contributed by atoms with van der Waals surface area (Å²) in [4.78, 5) is 21.7. The predicted octanol–water partition coefficient (Wildman–Crippen LogP) is 2.51. The Morgan fingerprint density at radius 1 is 1.25 bits per heavy atom. The van der Waals surface area contributed by atoms with Gasteiger partial charge in [-0.15, -0.1) is 0 Å². The summed E-state index contributed by atoms with van der Waals surface area (Å²) in [6.07, 6.45) is 4.35. The summed E-state index contributed by atoms with van der Waals surface area (Å²) in [5.41, 5.74) is 0.741. The second kappa shape index (κ2) is 8.74. The Morgan fingerprint density at radius 2 is 1.95 bits per heavy atom. The van der Waals surface area contributed by atoms with Gasteiger partial charge in [0.05, 0.1) is 6.61 Å². The van der Waals surface area contributed by atoms with Gasteiger partial charge in [0.2, 0.25) is 0 Å². The number of unbranched alkanes of at least 4 members (excludes halogenated alkanes) is 1. The van der Waals surface area contributed by atoms with Gasteiger partial charge < -0.3 is 14.6 Å². The molecule has 1 aromatic carbocycles. The molecule has 0 fully saturated rings. The van der Waals surface area contributed by atoms with Crippen molar-refractivity contribution in [3.05, 3.63) is 35.9 Å². The summed E-state index contributed by atoms with van der Waals surface area (Å²) in [5.74, 6) is -0.863. The van der Waals surface area contributed by atoms with Crippen molar-refractivity contribution >= 4 is 18.0 Å². The maximum absolute atomic E-state index is 11.3. The smallest absolute Gasteiger partial charge is 0.344 e. The summed E-state index contributed by atoms with van der Waals surface area (Å²) in [7, 11) is 0. The van der Waals surface area contributed by atoms with Crippen molar-refractivity contribution in [2.24, 2.45) is 0 Å². The van der Waals surface area contributed by atoms with Gasteiger partial charge in [0, 0.05) is 6.08 Å². The molecule has 108 valence electrons. The van der Waals surface area contributed by atoms with Crippen LogP contribution in [0.2, 0.25) is 0 Å². The molecule has 0 aliphatic rings. The Morgan fingerprint density at radius 3 is 2.55 bits per heavy atom. The largest absolute Gasteiger partial charge is 0.482 e. The number of aliphatic carboxylic acids is 1. The van der Waals surface area contributed by atoms with Gasteiger partial charge in [0.25, 0.3) is 0 Å². The number of hydrogen-bond donors (Lipinski definition) is 1. The van der Waals surface area contributed by atoms with Crippen LogP contribution in [-0.2, 0) is 14.3 Å². The summed E-state index contributed by atoms with van der Waals surface area (Å²) in [6.45, 7) is 2.30. The molecule has 1 aromatic rings. The Bertz CT molecular complexity index is 462. The van der Waals surface area contributed by atoms with Gasteiger partial charge in [0.15, 0.2) is 6.61 Å². The minimum absolute atomic E-state index is 0.131. The molecule has 0 aliphatic heterocycles. The molecule has 0 amide bonds. The Balaban J connectivity index is 2.38. The minimum Gasteiger partial charge on any atom is -0.482 e. The number of carboxylic acids is 1. The Hall–Kier alpha value is -2.30.